The minimum Gasteiger partial charge on any atom is -0.464 e. The lowest BCUT2D eigenvalue weighted by molar-refractivity contribution is 0.0284. The lowest BCUT2D eigenvalue weighted by Gasteiger charge is -2.24. The van der Waals surface area contributed by atoms with Crippen molar-refractivity contribution < 1.29 is 18.7 Å². The number of carbonyl (C=O) groups excluding carboxylic acids is 1. The summed E-state index contributed by atoms with van der Waals surface area (Å²) < 4.78 is 27.7. The minimum atomic E-state index is -0.511. The van der Waals surface area contributed by atoms with E-state index in [1.165, 1.54) is 6.07 Å². The first-order valence-electron chi connectivity index (χ1n) is 10.6. The zero-order chi connectivity index (χ0) is 22.0. The largest absolute Gasteiger partial charge is 0.464 e. The van der Waals surface area contributed by atoms with Gasteiger partial charge in [-0.05, 0) is 45.4 Å². The van der Waals surface area contributed by atoms with Crippen LogP contribution in [0.1, 0.15) is 32.8 Å². The first-order chi connectivity index (χ1) is 14.8. The first-order valence-corrected chi connectivity index (χ1v) is 10.6. The van der Waals surface area contributed by atoms with Crippen molar-refractivity contribution in [2.45, 2.75) is 39.3 Å². The van der Waals surface area contributed by atoms with Gasteiger partial charge in [0.25, 0.3) is 6.01 Å². The monoisotopic (exact) mass is 425 g/mol. The van der Waals surface area contributed by atoms with Gasteiger partial charge >= 0.3 is 6.09 Å². The van der Waals surface area contributed by atoms with Crippen LogP contribution < -0.4 is 4.74 Å². The summed E-state index contributed by atoms with van der Waals surface area (Å²) in [5.41, 5.74) is 1.76. The maximum absolute atomic E-state index is 14.3. The van der Waals surface area contributed by atoms with Gasteiger partial charge in [-0.3, -0.25) is 4.57 Å². The van der Waals surface area contributed by atoms with Crippen LogP contribution in [0.15, 0.2) is 48.5 Å². The van der Waals surface area contributed by atoms with Gasteiger partial charge in [0.1, 0.15) is 11.4 Å². The van der Waals surface area contributed by atoms with Crippen LogP contribution in [0.5, 0.6) is 6.01 Å². The van der Waals surface area contributed by atoms with Crippen molar-refractivity contribution >= 4 is 17.1 Å². The van der Waals surface area contributed by atoms with Gasteiger partial charge in [0.15, 0.2) is 0 Å². The van der Waals surface area contributed by atoms with Gasteiger partial charge in [-0.2, -0.15) is 4.98 Å². The molecule has 3 aromatic rings. The van der Waals surface area contributed by atoms with Crippen molar-refractivity contribution in [1.82, 2.24) is 14.5 Å². The predicted octanol–water partition coefficient (Wildman–Crippen LogP) is 4.86. The average Bonchev–Trinajstić information content (AvgIpc) is 3.32. The fourth-order valence-corrected chi connectivity index (χ4v) is 3.77. The number of amides is 1. The van der Waals surface area contributed by atoms with Gasteiger partial charge in [0.2, 0.25) is 0 Å². The van der Waals surface area contributed by atoms with Gasteiger partial charge in [-0.15, -0.1) is 0 Å². The molecule has 0 unspecified atom stereocenters. The Hall–Kier alpha value is -3.09. The molecule has 1 saturated heterocycles. The zero-order valence-corrected chi connectivity index (χ0v) is 18.2. The molecule has 0 N–H and O–H groups in total. The molecule has 0 radical (unpaired) electrons. The van der Waals surface area contributed by atoms with Crippen molar-refractivity contribution in [3.63, 3.8) is 0 Å². The van der Waals surface area contributed by atoms with Crippen LogP contribution in [0.3, 0.4) is 0 Å². The van der Waals surface area contributed by atoms with Crippen molar-refractivity contribution in [1.29, 1.82) is 0 Å². The van der Waals surface area contributed by atoms with Crippen LogP contribution >= 0.6 is 0 Å². The molecular formula is C24H28FN3O3. The first kappa shape index (κ1) is 21.2. The van der Waals surface area contributed by atoms with Crippen LogP contribution in [-0.2, 0) is 11.3 Å². The number of carbonyl (C=O) groups is 1. The molecule has 1 amide bonds. The summed E-state index contributed by atoms with van der Waals surface area (Å²) in [4.78, 5) is 18.6. The van der Waals surface area contributed by atoms with E-state index in [9.17, 15) is 9.18 Å². The molecule has 6 nitrogen and oxygen atoms in total. The van der Waals surface area contributed by atoms with Crippen LogP contribution in [0.2, 0.25) is 0 Å². The summed E-state index contributed by atoms with van der Waals surface area (Å²) in [5.74, 6) is -0.0655. The number of imidazole rings is 1. The molecule has 164 valence electrons. The molecule has 1 aliphatic heterocycles. The third-order valence-corrected chi connectivity index (χ3v) is 5.29. The number of benzene rings is 2. The number of para-hydroxylation sites is 2. The Labute approximate surface area is 181 Å². The summed E-state index contributed by atoms with van der Waals surface area (Å²) in [6.45, 7) is 7.58. The number of hydrogen-bond acceptors (Lipinski definition) is 4. The van der Waals surface area contributed by atoms with Gasteiger partial charge in [0, 0.05) is 24.6 Å². The molecule has 1 fully saturated rings. The highest BCUT2D eigenvalue weighted by Crippen LogP contribution is 2.26. The molecule has 0 aliphatic carbocycles. The van der Waals surface area contributed by atoms with Gasteiger partial charge in [-0.25, -0.2) is 9.18 Å². The normalized spacial score (nSPS) is 16.6. The van der Waals surface area contributed by atoms with E-state index in [0.717, 1.165) is 17.5 Å². The van der Waals surface area contributed by atoms with E-state index in [2.05, 4.69) is 4.98 Å². The number of rotatable bonds is 5. The van der Waals surface area contributed by atoms with Crippen molar-refractivity contribution in [3.8, 4) is 6.01 Å². The Morgan fingerprint density at radius 1 is 1.16 bits per heavy atom. The maximum atomic E-state index is 14.3. The molecule has 7 heteroatoms. The third-order valence-electron chi connectivity index (χ3n) is 5.29. The summed E-state index contributed by atoms with van der Waals surface area (Å²) in [5, 5.41) is 0. The van der Waals surface area contributed by atoms with Gasteiger partial charge in [-0.1, -0.05) is 30.3 Å². The quantitative estimate of drug-likeness (QED) is 0.586. The summed E-state index contributed by atoms with van der Waals surface area (Å²) >= 11 is 0. The van der Waals surface area contributed by atoms with Crippen LogP contribution in [0, 0.1) is 11.7 Å². The van der Waals surface area contributed by atoms with Crippen LogP contribution in [0.4, 0.5) is 9.18 Å². The molecule has 1 aromatic heterocycles. The van der Waals surface area contributed by atoms with E-state index >= 15 is 0 Å². The van der Waals surface area contributed by atoms with Crippen molar-refractivity contribution in [2.75, 3.05) is 19.7 Å². The smallest absolute Gasteiger partial charge is 0.410 e. The van der Waals surface area contributed by atoms with E-state index in [1.807, 2.05) is 55.7 Å². The van der Waals surface area contributed by atoms with E-state index in [1.54, 1.807) is 17.0 Å². The molecule has 4 rings (SSSR count). The Balaban J connectivity index is 1.47. The standard InChI is InChI=1S/C24H28FN3O3/c1-24(2,3)31-23(29)27-13-12-17(14-27)16-30-22-26-20-10-6-7-11-21(20)28(22)15-18-8-4-5-9-19(18)25/h4-11,17H,12-16H2,1-3H3/t17-/m1/s1. The Morgan fingerprint density at radius 3 is 2.68 bits per heavy atom. The van der Waals surface area contributed by atoms with Crippen LogP contribution in [0.25, 0.3) is 11.0 Å². The zero-order valence-electron chi connectivity index (χ0n) is 18.2. The Morgan fingerprint density at radius 2 is 1.90 bits per heavy atom. The number of fused-ring (bicyclic) bond motifs is 1. The fourth-order valence-electron chi connectivity index (χ4n) is 3.77. The lowest BCUT2D eigenvalue weighted by atomic mass is 10.1. The van der Waals surface area contributed by atoms with E-state index in [4.69, 9.17) is 9.47 Å². The average molecular weight is 426 g/mol. The Kier molecular flexibility index (Phi) is 5.85. The molecule has 0 saturated carbocycles. The number of nitrogens with zero attached hydrogens (tertiary/aromatic N) is 3. The highest BCUT2D eigenvalue weighted by Gasteiger charge is 2.30. The topological polar surface area (TPSA) is 56.6 Å². The summed E-state index contributed by atoms with van der Waals surface area (Å²) in [6.07, 6.45) is 0.550. The Bertz CT molecular complexity index is 1070. The molecule has 1 atom stereocenters. The molecule has 0 bridgehead atoms. The molecule has 0 spiro atoms. The third kappa shape index (κ3) is 4.98. The second-order valence-electron chi connectivity index (χ2n) is 8.95. The fraction of sp³-hybridized carbons (Fsp3) is 0.417. The van der Waals surface area contributed by atoms with Crippen LogP contribution in [-0.4, -0.2) is 45.8 Å². The van der Waals surface area contributed by atoms with Gasteiger partial charge in [0.05, 0.1) is 24.2 Å². The number of likely N-dealkylation sites (tertiary alicyclic amines) is 1. The van der Waals surface area contributed by atoms with E-state index in [-0.39, 0.29) is 17.8 Å². The number of aromatic nitrogens is 2. The summed E-state index contributed by atoms with van der Waals surface area (Å²) in [7, 11) is 0. The number of halogens is 1. The number of ether oxygens (including phenoxy) is 2. The molecule has 1 aliphatic rings. The molecular weight excluding hydrogens is 397 g/mol. The van der Waals surface area contributed by atoms with E-state index < -0.39 is 5.60 Å². The highest BCUT2D eigenvalue weighted by atomic mass is 19.1. The predicted molar refractivity (Wildman–Crippen MR) is 117 cm³/mol. The second kappa shape index (κ2) is 8.57. The van der Waals surface area contributed by atoms with Gasteiger partial charge < -0.3 is 14.4 Å². The SMILES string of the molecule is CC(C)(C)OC(=O)N1CC[C@@H](COc2nc3ccccc3n2Cc2ccccc2F)C1. The summed E-state index contributed by atoms with van der Waals surface area (Å²) in [6, 6.07) is 14.9. The minimum absolute atomic E-state index is 0.189. The molecule has 31 heavy (non-hydrogen) atoms. The second-order valence-corrected chi connectivity index (χ2v) is 8.95. The van der Waals surface area contributed by atoms with Crippen molar-refractivity contribution in [3.05, 3.63) is 59.9 Å². The van der Waals surface area contributed by atoms with E-state index in [0.29, 0.717) is 37.8 Å². The lowest BCUT2D eigenvalue weighted by Crippen LogP contribution is -2.35. The molecule has 2 aromatic carbocycles. The number of hydrogen-bond donors (Lipinski definition) is 0. The highest BCUT2D eigenvalue weighted by molar-refractivity contribution is 5.76. The maximum Gasteiger partial charge on any atom is 0.410 e. The molecule has 2 heterocycles. The van der Waals surface area contributed by atoms with Crippen molar-refractivity contribution in [2.24, 2.45) is 5.92 Å².